The first-order valence-corrected chi connectivity index (χ1v) is 6.25. The predicted octanol–water partition coefficient (Wildman–Crippen LogP) is 2.30. The Bertz CT molecular complexity index is 400. The van der Waals surface area contributed by atoms with Crippen molar-refractivity contribution in [3.63, 3.8) is 0 Å². The summed E-state index contributed by atoms with van der Waals surface area (Å²) in [5.41, 5.74) is 0.747. The molecule has 0 aliphatic carbocycles. The fourth-order valence-electron chi connectivity index (χ4n) is 1.93. The minimum atomic E-state index is 0. The highest BCUT2D eigenvalue weighted by Crippen LogP contribution is 2.19. The van der Waals surface area contributed by atoms with Gasteiger partial charge >= 0.3 is 0 Å². The maximum Gasteiger partial charge on any atom is 0.255 e. The van der Waals surface area contributed by atoms with Crippen LogP contribution in [0.15, 0.2) is 28.7 Å². The maximum absolute atomic E-state index is 12.3. The van der Waals surface area contributed by atoms with Crippen LogP contribution in [0.4, 0.5) is 0 Å². The summed E-state index contributed by atoms with van der Waals surface area (Å²) >= 11 is 3.42. The zero-order chi connectivity index (χ0) is 11.5. The first-order valence-electron chi connectivity index (χ1n) is 5.46. The lowest BCUT2D eigenvalue weighted by atomic mass is 10.1. The van der Waals surface area contributed by atoms with Crippen LogP contribution >= 0.6 is 28.3 Å². The molecule has 0 bridgehead atoms. The van der Waals surface area contributed by atoms with E-state index in [9.17, 15) is 4.79 Å². The van der Waals surface area contributed by atoms with E-state index in [4.69, 9.17) is 0 Å². The van der Waals surface area contributed by atoms with Crippen LogP contribution in [0.2, 0.25) is 0 Å². The van der Waals surface area contributed by atoms with Gasteiger partial charge in [0.2, 0.25) is 0 Å². The zero-order valence-corrected chi connectivity index (χ0v) is 12.1. The molecule has 1 aromatic carbocycles. The number of piperazine rings is 1. The van der Waals surface area contributed by atoms with Gasteiger partial charge in [0, 0.05) is 30.1 Å². The van der Waals surface area contributed by atoms with Crippen molar-refractivity contribution in [2.45, 2.75) is 13.0 Å². The second-order valence-electron chi connectivity index (χ2n) is 4.03. The normalized spacial score (nSPS) is 19.6. The summed E-state index contributed by atoms with van der Waals surface area (Å²) in [5, 5.41) is 3.28. The lowest BCUT2D eigenvalue weighted by Gasteiger charge is -2.34. The van der Waals surface area contributed by atoms with Crippen LogP contribution in [0.5, 0.6) is 0 Å². The van der Waals surface area contributed by atoms with Crippen LogP contribution in [0.25, 0.3) is 0 Å². The van der Waals surface area contributed by atoms with E-state index in [1.54, 1.807) is 0 Å². The van der Waals surface area contributed by atoms with Crippen molar-refractivity contribution in [3.8, 4) is 0 Å². The van der Waals surface area contributed by atoms with Gasteiger partial charge in [-0.15, -0.1) is 12.4 Å². The van der Waals surface area contributed by atoms with Crippen LogP contribution in [0, 0.1) is 0 Å². The molecule has 1 atom stereocenters. The van der Waals surface area contributed by atoms with Gasteiger partial charge in [-0.2, -0.15) is 0 Å². The topological polar surface area (TPSA) is 32.3 Å². The number of nitrogens with zero attached hydrogens (tertiary/aromatic N) is 1. The SMILES string of the molecule is CC1CNCCN1C(=O)c1ccccc1Br.Cl. The van der Waals surface area contributed by atoms with E-state index in [2.05, 4.69) is 28.2 Å². The molecular formula is C12H16BrClN2O. The molecule has 5 heteroatoms. The fourth-order valence-corrected chi connectivity index (χ4v) is 2.39. The van der Waals surface area contributed by atoms with Gasteiger partial charge in [-0.3, -0.25) is 4.79 Å². The maximum atomic E-state index is 12.3. The average molecular weight is 320 g/mol. The van der Waals surface area contributed by atoms with Crippen molar-refractivity contribution < 1.29 is 4.79 Å². The second kappa shape index (κ2) is 6.38. The molecule has 0 spiro atoms. The highest BCUT2D eigenvalue weighted by molar-refractivity contribution is 9.10. The van der Waals surface area contributed by atoms with Crippen LogP contribution in [0.1, 0.15) is 17.3 Å². The van der Waals surface area contributed by atoms with Crippen LogP contribution < -0.4 is 5.32 Å². The Labute approximate surface area is 116 Å². The Morgan fingerprint density at radius 1 is 1.47 bits per heavy atom. The molecule has 1 saturated heterocycles. The van der Waals surface area contributed by atoms with Crippen LogP contribution in [-0.4, -0.2) is 36.5 Å². The first-order chi connectivity index (χ1) is 7.70. The number of carbonyl (C=O) groups excluding carboxylic acids is 1. The molecule has 1 N–H and O–H groups in total. The van der Waals surface area contributed by atoms with Crippen molar-refractivity contribution in [3.05, 3.63) is 34.3 Å². The molecule has 0 radical (unpaired) electrons. The summed E-state index contributed by atoms with van der Waals surface area (Å²) < 4.78 is 0.866. The molecule has 0 saturated carbocycles. The Morgan fingerprint density at radius 3 is 2.82 bits per heavy atom. The highest BCUT2D eigenvalue weighted by atomic mass is 79.9. The number of nitrogens with one attached hydrogen (secondary N) is 1. The average Bonchev–Trinajstić information content (AvgIpc) is 2.29. The van der Waals surface area contributed by atoms with Gasteiger partial charge in [0.15, 0.2) is 0 Å². The van der Waals surface area contributed by atoms with Crippen molar-refractivity contribution in [2.24, 2.45) is 0 Å². The van der Waals surface area contributed by atoms with Crippen molar-refractivity contribution in [1.82, 2.24) is 10.2 Å². The van der Waals surface area contributed by atoms with Gasteiger partial charge in [0.1, 0.15) is 0 Å². The number of halogens is 2. The molecule has 0 aromatic heterocycles. The number of carbonyl (C=O) groups is 1. The lowest BCUT2D eigenvalue weighted by molar-refractivity contribution is 0.0655. The molecule has 1 amide bonds. The van der Waals surface area contributed by atoms with Crippen LogP contribution in [0.3, 0.4) is 0 Å². The monoisotopic (exact) mass is 318 g/mol. The summed E-state index contributed by atoms with van der Waals surface area (Å²) in [5.74, 6) is 0.112. The third-order valence-electron chi connectivity index (χ3n) is 2.87. The summed E-state index contributed by atoms with van der Waals surface area (Å²) in [6, 6.07) is 7.84. The molecule has 1 aliphatic rings. The molecule has 2 rings (SSSR count). The molecule has 94 valence electrons. The second-order valence-corrected chi connectivity index (χ2v) is 4.89. The van der Waals surface area contributed by atoms with Gasteiger partial charge in [0.25, 0.3) is 5.91 Å². The van der Waals surface area contributed by atoms with E-state index in [-0.39, 0.29) is 24.4 Å². The van der Waals surface area contributed by atoms with Gasteiger partial charge in [-0.1, -0.05) is 12.1 Å². The number of amides is 1. The van der Waals surface area contributed by atoms with E-state index in [0.717, 1.165) is 29.7 Å². The predicted molar refractivity (Wildman–Crippen MR) is 74.8 cm³/mol. The van der Waals surface area contributed by atoms with Gasteiger partial charge in [-0.25, -0.2) is 0 Å². The van der Waals surface area contributed by atoms with E-state index in [0.29, 0.717) is 0 Å². The van der Waals surface area contributed by atoms with Crippen molar-refractivity contribution >= 4 is 34.2 Å². The molecule has 1 heterocycles. The molecular weight excluding hydrogens is 304 g/mol. The summed E-state index contributed by atoms with van der Waals surface area (Å²) in [4.78, 5) is 14.2. The van der Waals surface area contributed by atoms with E-state index in [1.165, 1.54) is 0 Å². The van der Waals surface area contributed by atoms with Gasteiger partial charge in [-0.05, 0) is 35.0 Å². The Morgan fingerprint density at radius 2 is 2.18 bits per heavy atom. The Balaban J connectivity index is 0.00000144. The summed E-state index contributed by atoms with van der Waals surface area (Å²) in [7, 11) is 0. The largest absolute Gasteiger partial charge is 0.333 e. The van der Waals surface area contributed by atoms with Gasteiger partial charge < -0.3 is 10.2 Å². The molecule has 1 aromatic rings. The summed E-state index contributed by atoms with van der Waals surface area (Å²) in [6.07, 6.45) is 0. The third kappa shape index (κ3) is 3.21. The molecule has 1 aliphatic heterocycles. The standard InChI is InChI=1S/C12H15BrN2O.ClH/c1-9-8-14-6-7-15(9)12(16)10-4-2-3-5-11(10)13;/h2-5,9,14H,6-8H2,1H3;1H. The molecule has 3 nitrogen and oxygen atoms in total. The van der Waals surface area contributed by atoms with Crippen molar-refractivity contribution in [2.75, 3.05) is 19.6 Å². The Hall–Kier alpha value is -0.580. The first kappa shape index (κ1) is 14.5. The molecule has 1 unspecified atom stereocenters. The minimum Gasteiger partial charge on any atom is -0.333 e. The third-order valence-corrected chi connectivity index (χ3v) is 3.56. The number of rotatable bonds is 1. The van der Waals surface area contributed by atoms with E-state index >= 15 is 0 Å². The smallest absolute Gasteiger partial charge is 0.255 e. The fraction of sp³-hybridized carbons (Fsp3) is 0.417. The van der Waals surface area contributed by atoms with Crippen LogP contribution in [-0.2, 0) is 0 Å². The number of hydrogen-bond donors (Lipinski definition) is 1. The lowest BCUT2D eigenvalue weighted by Crippen LogP contribution is -2.52. The quantitative estimate of drug-likeness (QED) is 0.861. The molecule has 1 fully saturated rings. The van der Waals surface area contributed by atoms with Gasteiger partial charge in [0.05, 0.1) is 5.56 Å². The Kier molecular flexibility index (Phi) is 5.43. The van der Waals surface area contributed by atoms with E-state index in [1.807, 2.05) is 29.2 Å². The summed E-state index contributed by atoms with van der Waals surface area (Å²) in [6.45, 7) is 4.60. The number of hydrogen-bond acceptors (Lipinski definition) is 2. The number of benzene rings is 1. The highest BCUT2D eigenvalue weighted by Gasteiger charge is 2.24. The van der Waals surface area contributed by atoms with Crippen molar-refractivity contribution in [1.29, 1.82) is 0 Å². The minimum absolute atomic E-state index is 0. The zero-order valence-electron chi connectivity index (χ0n) is 9.65. The molecule has 17 heavy (non-hydrogen) atoms. The van der Waals surface area contributed by atoms with E-state index < -0.39 is 0 Å².